The predicted molar refractivity (Wildman–Crippen MR) is 168 cm³/mol. The van der Waals surface area contributed by atoms with Crippen LogP contribution < -0.4 is 5.46 Å². The summed E-state index contributed by atoms with van der Waals surface area (Å²) in [5.74, 6) is 0. The maximum Gasteiger partial charge on any atom is 0.310 e. The van der Waals surface area contributed by atoms with Crippen molar-refractivity contribution in [3.8, 4) is 22.3 Å². The zero-order valence-corrected chi connectivity index (χ0v) is 23.0. The van der Waals surface area contributed by atoms with Crippen molar-refractivity contribution < 1.29 is 9.76 Å². The SMILES string of the molecule is CC(C)(O)C(C)(C)OBc1c2ccccc2c(-c2ccc(-c3ccccc3)c3ccccc23)c2ccccc12. The molecule has 0 saturated carbocycles. The van der Waals surface area contributed by atoms with Crippen LogP contribution in [0.25, 0.3) is 54.6 Å². The van der Waals surface area contributed by atoms with E-state index in [1.807, 2.05) is 13.8 Å². The van der Waals surface area contributed by atoms with E-state index in [1.54, 1.807) is 13.8 Å². The maximum atomic E-state index is 10.7. The highest BCUT2D eigenvalue weighted by molar-refractivity contribution is 6.57. The molecule has 1 N–H and O–H groups in total. The molecular weight excluding hydrogens is 475 g/mol. The summed E-state index contributed by atoms with van der Waals surface area (Å²) in [4.78, 5) is 0. The molecule has 192 valence electrons. The number of hydrogen-bond acceptors (Lipinski definition) is 2. The summed E-state index contributed by atoms with van der Waals surface area (Å²) in [6.45, 7) is 7.51. The summed E-state index contributed by atoms with van der Waals surface area (Å²) in [5.41, 5.74) is 4.38. The van der Waals surface area contributed by atoms with E-state index in [-0.39, 0.29) is 0 Å². The van der Waals surface area contributed by atoms with Crippen molar-refractivity contribution in [1.29, 1.82) is 0 Å². The zero-order valence-electron chi connectivity index (χ0n) is 23.0. The average Bonchev–Trinajstić information content (AvgIpc) is 2.95. The lowest BCUT2D eigenvalue weighted by atomic mass is 9.75. The number of benzene rings is 6. The van der Waals surface area contributed by atoms with Crippen molar-refractivity contribution in [1.82, 2.24) is 0 Å². The van der Waals surface area contributed by atoms with Gasteiger partial charge < -0.3 is 9.76 Å². The first-order chi connectivity index (χ1) is 18.8. The van der Waals surface area contributed by atoms with Crippen LogP contribution in [0.5, 0.6) is 0 Å². The molecule has 0 fully saturated rings. The van der Waals surface area contributed by atoms with Gasteiger partial charge in [-0.3, -0.25) is 0 Å². The van der Waals surface area contributed by atoms with Crippen molar-refractivity contribution in [2.45, 2.75) is 38.9 Å². The number of aliphatic hydroxyl groups is 1. The van der Waals surface area contributed by atoms with Crippen LogP contribution in [0.2, 0.25) is 0 Å². The molecule has 0 aromatic heterocycles. The minimum absolute atomic E-state index is 0.409. The van der Waals surface area contributed by atoms with Gasteiger partial charge >= 0.3 is 7.48 Å². The van der Waals surface area contributed by atoms with Crippen LogP contribution in [0, 0.1) is 0 Å². The van der Waals surface area contributed by atoms with Gasteiger partial charge in [-0.1, -0.05) is 115 Å². The van der Waals surface area contributed by atoms with Gasteiger partial charge in [0.1, 0.15) is 0 Å². The largest absolute Gasteiger partial charge is 0.427 e. The minimum atomic E-state index is -0.974. The van der Waals surface area contributed by atoms with Crippen molar-refractivity contribution in [3.63, 3.8) is 0 Å². The van der Waals surface area contributed by atoms with E-state index in [0.29, 0.717) is 7.48 Å². The standard InChI is InChI=1S/C36H33BO2/c1-35(2,38)36(3,4)39-37-34-31-20-12-10-18-28(31)33(29-19-11-13-21-32(29)34)30-23-22-25(24-14-6-5-7-15-24)26-16-8-9-17-27(26)30/h5-23,37-38H,1-4H3. The van der Waals surface area contributed by atoms with Gasteiger partial charge in [0.25, 0.3) is 0 Å². The number of fused-ring (bicyclic) bond motifs is 3. The highest BCUT2D eigenvalue weighted by Crippen LogP contribution is 2.41. The molecule has 3 heteroatoms. The molecule has 0 spiro atoms. The minimum Gasteiger partial charge on any atom is -0.427 e. The lowest BCUT2D eigenvalue weighted by Crippen LogP contribution is -2.49. The van der Waals surface area contributed by atoms with Crippen molar-refractivity contribution >= 4 is 45.3 Å². The van der Waals surface area contributed by atoms with Crippen LogP contribution in [0.1, 0.15) is 27.7 Å². The Morgan fingerprint density at radius 1 is 0.513 bits per heavy atom. The summed E-state index contributed by atoms with van der Waals surface area (Å²) in [5, 5.41) is 18.0. The fourth-order valence-electron chi connectivity index (χ4n) is 5.48. The highest BCUT2D eigenvalue weighted by Gasteiger charge is 2.36. The Balaban J connectivity index is 1.62. The van der Waals surface area contributed by atoms with Crippen molar-refractivity contribution in [2.24, 2.45) is 0 Å². The first-order valence-corrected chi connectivity index (χ1v) is 13.6. The summed E-state index contributed by atoms with van der Waals surface area (Å²) < 4.78 is 6.43. The molecule has 2 nitrogen and oxygen atoms in total. The summed E-state index contributed by atoms with van der Waals surface area (Å²) >= 11 is 0. The van der Waals surface area contributed by atoms with Gasteiger partial charge in [-0.25, -0.2) is 0 Å². The monoisotopic (exact) mass is 508 g/mol. The normalized spacial score (nSPS) is 12.3. The van der Waals surface area contributed by atoms with E-state index >= 15 is 0 Å². The van der Waals surface area contributed by atoms with Crippen LogP contribution in [0.4, 0.5) is 0 Å². The second-order valence-corrected chi connectivity index (χ2v) is 11.4. The van der Waals surface area contributed by atoms with E-state index in [4.69, 9.17) is 4.65 Å². The topological polar surface area (TPSA) is 29.5 Å². The predicted octanol–water partition coefficient (Wildman–Crippen LogP) is 8.02. The fourth-order valence-corrected chi connectivity index (χ4v) is 5.48. The first-order valence-electron chi connectivity index (χ1n) is 13.6. The number of hydrogen-bond donors (Lipinski definition) is 1. The van der Waals surface area contributed by atoms with Gasteiger partial charge in [-0.2, -0.15) is 0 Å². The Hall–Kier alpha value is -3.92. The third kappa shape index (κ3) is 4.42. The molecule has 0 heterocycles. The van der Waals surface area contributed by atoms with E-state index in [9.17, 15) is 5.11 Å². The third-order valence-corrected chi connectivity index (χ3v) is 8.37. The van der Waals surface area contributed by atoms with Gasteiger partial charge in [-0.15, -0.1) is 0 Å². The van der Waals surface area contributed by atoms with Crippen molar-refractivity contribution in [2.75, 3.05) is 0 Å². The first kappa shape index (κ1) is 25.4. The molecule has 0 bridgehead atoms. The second kappa shape index (κ2) is 9.68. The molecule has 6 aromatic rings. The molecule has 0 saturated heterocycles. The molecule has 0 radical (unpaired) electrons. The van der Waals surface area contributed by atoms with E-state index in [0.717, 1.165) is 5.46 Å². The van der Waals surface area contributed by atoms with Gasteiger partial charge in [0.15, 0.2) is 0 Å². The molecule has 0 aliphatic carbocycles. The van der Waals surface area contributed by atoms with Crippen LogP contribution >= 0.6 is 0 Å². The lowest BCUT2D eigenvalue weighted by molar-refractivity contribution is -0.0892. The molecule has 6 aromatic carbocycles. The summed E-state index contributed by atoms with van der Waals surface area (Å²) in [6, 6.07) is 41.2. The smallest absolute Gasteiger partial charge is 0.310 e. The van der Waals surface area contributed by atoms with E-state index < -0.39 is 11.2 Å². The molecular formula is C36H33BO2. The van der Waals surface area contributed by atoms with E-state index in [1.165, 1.54) is 54.6 Å². The quantitative estimate of drug-likeness (QED) is 0.182. The Morgan fingerprint density at radius 3 is 1.49 bits per heavy atom. The molecule has 0 aliphatic rings. The van der Waals surface area contributed by atoms with Gasteiger partial charge in [0.2, 0.25) is 0 Å². The summed E-state index contributed by atoms with van der Waals surface area (Å²) in [6.07, 6.45) is 0. The fraction of sp³-hybridized carbons (Fsp3) is 0.167. The maximum absolute atomic E-state index is 10.7. The highest BCUT2D eigenvalue weighted by atomic mass is 16.5. The molecule has 39 heavy (non-hydrogen) atoms. The number of rotatable bonds is 6. The average molecular weight is 508 g/mol. The van der Waals surface area contributed by atoms with Gasteiger partial charge in [-0.05, 0) is 87.7 Å². The second-order valence-electron chi connectivity index (χ2n) is 11.4. The van der Waals surface area contributed by atoms with Crippen LogP contribution in [0.15, 0.2) is 115 Å². The molecule has 6 rings (SSSR count). The Kier molecular flexibility index (Phi) is 6.30. The van der Waals surface area contributed by atoms with E-state index in [2.05, 4.69) is 115 Å². The zero-order chi connectivity index (χ0) is 27.2. The van der Waals surface area contributed by atoms with Gasteiger partial charge in [0, 0.05) is 0 Å². The van der Waals surface area contributed by atoms with Crippen LogP contribution in [-0.4, -0.2) is 23.8 Å². The molecule has 0 atom stereocenters. The van der Waals surface area contributed by atoms with Crippen LogP contribution in [0.3, 0.4) is 0 Å². The Bertz CT molecular complexity index is 1760. The van der Waals surface area contributed by atoms with Crippen molar-refractivity contribution in [3.05, 3.63) is 115 Å². The van der Waals surface area contributed by atoms with Crippen LogP contribution in [-0.2, 0) is 4.65 Å². The Labute approximate surface area is 231 Å². The Morgan fingerprint density at radius 2 is 0.949 bits per heavy atom. The molecule has 0 unspecified atom stereocenters. The third-order valence-electron chi connectivity index (χ3n) is 8.37. The van der Waals surface area contributed by atoms with Gasteiger partial charge in [0.05, 0.1) is 11.2 Å². The molecule has 0 aliphatic heterocycles. The summed E-state index contributed by atoms with van der Waals surface area (Å²) in [7, 11) is 0.409. The lowest BCUT2D eigenvalue weighted by Gasteiger charge is -2.37. The molecule has 0 amide bonds.